The van der Waals surface area contributed by atoms with E-state index >= 15 is 0 Å². The molecule has 0 bridgehead atoms. The lowest BCUT2D eigenvalue weighted by Gasteiger charge is -2.33. The average Bonchev–Trinajstić information content (AvgIpc) is 2.74. The fourth-order valence-electron chi connectivity index (χ4n) is 4.30. The van der Waals surface area contributed by atoms with Crippen molar-refractivity contribution in [2.24, 2.45) is 0 Å². The Balaban J connectivity index is 1.45. The number of hydrogen-bond acceptors (Lipinski definition) is 5. The number of benzene rings is 1. The third-order valence-electron chi connectivity index (χ3n) is 6.04. The van der Waals surface area contributed by atoms with Crippen molar-refractivity contribution in [3.63, 3.8) is 0 Å². The molecule has 0 saturated carbocycles. The lowest BCUT2D eigenvalue weighted by molar-refractivity contribution is -0.129. The topological polar surface area (TPSA) is 61.4 Å². The first kappa shape index (κ1) is 19.8. The largest absolute Gasteiger partial charge is 0.373 e. The standard InChI is InChI=1S/C22H28FN5O/c1-15(29)28-12-9-19-20(14-28)25-21(26-22(19)24-2)17-7-10-27(11-8-17)13-16-3-5-18(23)6-4-16/h3-6,17H,7-14H2,1-2H3,(H,24,25,26). The van der Waals surface area contributed by atoms with E-state index in [4.69, 9.17) is 9.97 Å². The van der Waals surface area contributed by atoms with E-state index in [1.807, 2.05) is 24.1 Å². The van der Waals surface area contributed by atoms with Gasteiger partial charge in [0.25, 0.3) is 0 Å². The second-order valence-corrected chi connectivity index (χ2v) is 7.97. The number of piperidine rings is 1. The minimum atomic E-state index is -0.194. The zero-order chi connectivity index (χ0) is 20.4. The molecule has 1 N–H and O–H groups in total. The van der Waals surface area contributed by atoms with Gasteiger partial charge >= 0.3 is 0 Å². The molecular weight excluding hydrogens is 369 g/mol. The molecule has 1 aromatic carbocycles. The van der Waals surface area contributed by atoms with Crippen LogP contribution in [0.4, 0.5) is 10.2 Å². The molecule has 0 spiro atoms. The predicted molar refractivity (Wildman–Crippen MR) is 110 cm³/mol. The summed E-state index contributed by atoms with van der Waals surface area (Å²) in [6, 6.07) is 6.75. The van der Waals surface area contributed by atoms with E-state index in [1.54, 1.807) is 6.92 Å². The highest BCUT2D eigenvalue weighted by atomic mass is 19.1. The van der Waals surface area contributed by atoms with Gasteiger partial charge in [0.2, 0.25) is 5.91 Å². The Hall–Kier alpha value is -2.54. The van der Waals surface area contributed by atoms with E-state index in [0.29, 0.717) is 12.5 Å². The highest BCUT2D eigenvalue weighted by Crippen LogP contribution is 2.30. The summed E-state index contributed by atoms with van der Waals surface area (Å²) in [5.41, 5.74) is 3.26. The van der Waals surface area contributed by atoms with Gasteiger partial charge in [-0.2, -0.15) is 0 Å². The zero-order valence-corrected chi connectivity index (χ0v) is 17.1. The third-order valence-corrected chi connectivity index (χ3v) is 6.04. The number of anilines is 1. The summed E-state index contributed by atoms with van der Waals surface area (Å²) in [5.74, 6) is 2.02. The van der Waals surface area contributed by atoms with Crippen LogP contribution in [0.25, 0.3) is 0 Å². The summed E-state index contributed by atoms with van der Waals surface area (Å²) in [4.78, 5) is 25.8. The molecule has 0 radical (unpaired) electrons. The summed E-state index contributed by atoms with van der Waals surface area (Å²) < 4.78 is 13.1. The van der Waals surface area contributed by atoms with Crippen molar-refractivity contribution in [3.05, 3.63) is 52.7 Å². The molecule has 1 aromatic heterocycles. The molecule has 2 aromatic rings. The lowest BCUT2D eigenvalue weighted by Crippen LogP contribution is -2.36. The average molecular weight is 397 g/mol. The maximum atomic E-state index is 13.1. The number of nitrogens with one attached hydrogen (secondary N) is 1. The molecule has 1 amide bonds. The van der Waals surface area contributed by atoms with Gasteiger partial charge in [-0.3, -0.25) is 9.69 Å². The zero-order valence-electron chi connectivity index (χ0n) is 17.1. The highest BCUT2D eigenvalue weighted by Gasteiger charge is 2.27. The van der Waals surface area contributed by atoms with E-state index in [9.17, 15) is 9.18 Å². The van der Waals surface area contributed by atoms with Crippen molar-refractivity contribution in [2.75, 3.05) is 32.0 Å². The Morgan fingerprint density at radius 1 is 1.17 bits per heavy atom. The van der Waals surface area contributed by atoms with Crippen LogP contribution >= 0.6 is 0 Å². The van der Waals surface area contributed by atoms with Crippen molar-refractivity contribution in [1.82, 2.24) is 19.8 Å². The number of hydrogen-bond donors (Lipinski definition) is 1. The van der Waals surface area contributed by atoms with Gasteiger partial charge in [0, 0.05) is 38.5 Å². The third kappa shape index (κ3) is 4.40. The van der Waals surface area contributed by atoms with Crippen LogP contribution in [0.15, 0.2) is 24.3 Å². The first-order chi connectivity index (χ1) is 14.0. The number of aromatic nitrogens is 2. The van der Waals surface area contributed by atoms with Crippen LogP contribution in [0.5, 0.6) is 0 Å². The molecule has 0 aliphatic carbocycles. The van der Waals surface area contributed by atoms with Crippen molar-refractivity contribution in [1.29, 1.82) is 0 Å². The van der Waals surface area contributed by atoms with Gasteiger partial charge in [-0.1, -0.05) is 12.1 Å². The van der Waals surface area contributed by atoms with Crippen molar-refractivity contribution >= 4 is 11.7 Å². The van der Waals surface area contributed by atoms with Crippen molar-refractivity contribution in [2.45, 2.75) is 45.2 Å². The molecule has 6 nitrogen and oxygen atoms in total. The molecule has 4 rings (SSSR count). The molecule has 1 saturated heterocycles. The quantitative estimate of drug-likeness (QED) is 0.860. The van der Waals surface area contributed by atoms with Crippen LogP contribution < -0.4 is 5.32 Å². The van der Waals surface area contributed by atoms with E-state index in [0.717, 1.165) is 73.9 Å². The Morgan fingerprint density at radius 2 is 1.90 bits per heavy atom. The molecule has 2 aliphatic rings. The van der Waals surface area contributed by atoms with Crippen LogP contribution in [0.1, 0.15) is 48.3 Å². The number of likely N-dealkylation sites (tertiary alicyclic amines) is 1. The summed E-state index contributed by atoms with van der Waals surface area (Å²) in [6.07, 6.45) is 2.79. The summed E-state index contributed by atoms with van der Waals surface area (Å²) in [6.45, 7) is 5.68. The Morgan fingerprint density at radius 3 is 2.55 bits per heavy atom. The number of carbonyl (C=O) groups excluding carboxylic acids is 1. The Kier molecular flexibility index (Phi) is 5.76. The predicted octanol–water partition coefficient (Wildman–Crippen LogP) is 2.94. The molecular formula is C22H28FN5O. The van der Waals surface area contributed by atoms with Gasteiger partial charge in [-0.15, -0.1) is 0 Å². The molecule has 3 heterocycles. The highest BCUT2D eigenvalue weighted by molar-refractivity contribution is 5.73. The fourth-order valence-corrected chi connectivity index (χ4v) is 4.30. The fraction of sp³-hybridized carbons (Fsp3) is 0.500. The van der Waals surface area contributed by atoms with Crippen LogP contribution in [0, 0.1) is 5.82 Å². The minimum absolute atomic E-state index is 0.0934. The normalized spacial score (nSPS) is 17.8. The molecule has 29 heavy (non-hydrogen) atoms. The Labute approximate surface area is 171 Å². The molecule has 0 unspecified atom stereocenters. The molecule has 0 atom stereocenters. The first-order valence-corrected chi connectivity index (χ1v) is 10.3. The maximum Gasteiger partial charge on any atom is 0.219 e. The summed E-state index contributed by atoms with van der Waals surface area (Å²) in [5, 5.41) is 3.23. The van der Waals surface area contributed by atoms with Gasteiger partial charge < -0.3 is 10.2 Å². The SMILES string of the molecule is CNc1nc(C2CCN(Cc3ccc(F)cc3)CC2)nc2c1CCN(C(C)=O)C2. The van der Waals surface area contributed by atoms with Gasteiger partial charge in [0.15, 0.2) is 0 Å². The van der Waals surface area contributed by atoms with E-state index in [2.05, 4.69) is 10.2 Å². The Bertz CT molecular complexity index is 878. The van der Waals surface area contributed by atoms with E-state index < -0.39 is 0 Å². The van der Waals surface area contributed by atoms with Gasteiger partial charge in [-0.25, -0.2) is 14.4 Å². The summed E-state index contributed by atoms with van der Waals surface area (Å²) >= 11 is 0. The van der Waals surface area contributed by atoms with Crippen molar-refractivity contribution < 1.29 is 9.18 Å². The molecule has 1 fully saturated rings. The summed E-state index contributed by atoms with van der Waals surface area (Å²) in [7, 11) is 1.90. The number of halogens is 1. The number of nitrogens with zero attached hydrogens (tertiary/aromatic N) is 4. The van der Waals surface area contributed by atoms with Crippen LogP contribution in [0.3, 0.4) is 0 Å². The first-order valence-electron chi connectivity index (χ1n) is 10.3. The lowest BCUT2D eigenvalue weighted by atomic mass is 9.94. The van der Waals surface area contributed by atoms with Gasteiger partial charge in [-0.05, 0) is 50.0 Å². The number of fused-ring (bicyclic) bond motifs is 1. The smallest absolute Gasteiger partial charge is 0.219 e. The second kappa shape index (κ2) is 8.45. The molecule has 154 valence electrons. The maximum absolute atomic E-state index is 13.1. The van der Waals surface area contributed by atoms with Gasteiger partial charge in [0.1, 0.15) is 17.5 Å². The monoisotopic (exact) mass is 397 g/mol. The number of carbonyl (C=O) groups is 1. The van der Waals surface area contributed by atoms with Crippen LogP contribution in [-0.4, -0.2) is 52.4 Å². The molecule has 2 aliphatic heterocycles. The van der Waals surface area contributed by atoms with Crippen LogP contribution in [-0.2, 0) is 24.3 Å². The van der Waals surface area contributed by atoms with Gasteiger partial charge in [0.05, 0.1) is 12.2 Å². The van der Waals surface area contributed by atoms with E-state index in [-0.39, 0.29) is 11.7 Å². The van der Waals surface area contributed by atoms with Crippen LogP contribution in [0.2, 0.25) is 0 Å². The molecule has 7 heteroatoms. The van der Waals surface area contributed by atoms with Crippen molar-refractivity contribution in [3.8, 4) is 0 Å². The number of amides is 1. The number of rotatable bonds is 4. The second-order valence-electron chi connectivity index (χ2n) is 7.97. The minimum Gasteiger partial charge on any atom is -0.373 e. The van der Waals surface area contributed by atoms with E-state index in [1.165, 1.54) is 12.1 Å².